The highest BCUT2D eigenvalue weighted by atomic mass is 35.5. The fourth-order valence-corrected chi connectivity index (χ4v) is 3.73. The monoisotopic (exact) mass is 348 g/mol. The summed E-state index contributed by atoms with van der Waals surface area (Å²) in [6.45, 7) is 3.22. The number of amides is 1. The predicted octanol–water partition coefficient (Wildman–Crippen LogP) is 4.31. The summed E-state index contributed by atoms with van der Waals surface area (Å²) in [6, 6.07) is 11.5. The average Bonchev–Trinajstić information content (AvgIpc) is 3.08. The molecule has 23 heavy (non-hydrogen) atoms. The number of rotatable bonds is 5. The molecule has 2 aromatic heterocycles. The molecular weight excluding hydrogens is 332 g/mol. The van der Waals surface area contributed by atoms with Crippen molar-refractivity contribution < 1.29 is 9.53 Å². The smallest absolute Gasteiger partial charge is 0.268 e. The highest BCUT2D eigenvalue weighted by Crippen LogP contribution is 2.32. The maximum Gasteiger partial charge on any atom is 0.268 e. The van der Waals surface area contributed by atoms with Crippen LogP contribution in [0.15, 0.2) is 36.4 Å². The van der Waals surface area contributed by atoms with Gasteiger partial charge in [-0.25, -0.2) is 0 Å². The van der Waals surface area contributed by atoms with E-state index in [-0.39, 0.29) is 5.91 Å². The van der Waals surface area contributed by atoms with Gasteiger partial charge in [-0.2, -0.15) is 0 Å². The molecule has 3 aromatic rings. The molecule has 0 unspecified atom stereocenters. The van der Waals surface area contributed by atoms with Crippen LogP contribution in [0.25, 0.3) is 10.2 Å². The number of benzene rings is 1. The lowest BCUT2D eigenvalue weighted by Gasteiger charge is -2.09. The van der Waals surface area contributed by atoms with E-state index in [0.717, 1.165) is 32.4 Å². The number of aryl methyl sites for hydroxylation is 1. The molecule has 0 saturated carbocycles. The summed E-state index contributed by atoms with van der Waals surface area (Å²) in [4.78, 5) is 12.5. The zero-order valence-electron chi connectivity index (χ0n) is 12.9. The van der Waals surface area contributed by atoms with Gasteiger partial charge in [0.1, 0.15) is 11.4 Å². The van der Waals surface area contributed by atoms with E-state index in [1.807, 2.05) is 47.9 Å². The number of nitrogens with one attached hydrogen (secondary N) is 1. The van der Waals surface area contributed by atoms with E-state index < -0.39 is 0 Å². The second-order valence-corrected chi connectivity index (χ2v) is 6.82. The van der Waals surface area contributed by atoms with Gasteiger partial charge in [0.15, 0.2) is 0 Å². The molecule has 1 N–H and O–H groups in total. The molecule has 3 rings (SSSR count). The minimum Gasteiger partial charge on any atom is -0.497 e. The Morgan fingerprint density at radius 3 is 2.70 bits per heavy atom. The van der Waals surface area contributed by atoms with Crippen molar-refractivity contribution >= 4 is 39.1 Å². The van der Waals surface area contributed by atoms with Crippen molar-refractivity contribution in [3.63, 3.8) is 0 Å². The van der Waals surface area contributed by atoms with E-state index in [2.05, 4.69) is 5.32 Å². The molecule has 1 aromatic carbocycles. The molecule has 0 bridgehead atoms. The van der Waals surface area contributed by atoms with Gasteiger partial charge in [-0.05, 0) is 36.8 Å². The van der Waals surface area contributed by atoms with Crippen molar-refractivity contribution in [1.82, 2.24) is 9.88 Å². The number of carbonyl (C=O) groups is 1. The van der Waals surface area contributed by atoms with Crippen molar-refractivity contribution in [2.75, 3.05) is 7.11 Å². The molecular formula is C17H17ClN2O2S. The normalized spacial score (nSPS) is 10.9. The van der Waals surface area contributed by atoms with E-state index >= 15 is 0 Å². The fraction of sp³-hybridized carbons (Fsp3) is 0.235. The van der Waals surface area contributed by atoms with Gasteiger partial charge >= 0.3 is 0 Å². The van der Waals surface area contributed by atoms with E-state index in [1.165, 1.54) is 11.3 Å². The van der Waals surface area contributed by atoms with Crippen molar-refractivity contribution in [3.05, 3.63) is 52.0 Å². The maximum absolute atomic E-state index is 12.5. The third-order valence-corrected chi connectivity index (χ3v) is 4.92. The van der Waals surface area contributed by atoms with Gasteiger partial charge in [0.2, 0.25) is 0 Å². The van der Waals surface area contributed by atoms with Crippen LogP contribution in [0, 0.1) is 0 Å². The van der Waals surface area contributed by atoms with Crippen molar-refractivity contribution in [1.29, 1.82) is 0 Å². The number of halogens is 1. The summed E-state index contributed by atoms with van der Waals surface area (Å²) in [5, 5.41) is 2.96. The van der Waals surface area contributed by atoms with E-state index in [0.29, 0.717) is 12.2 Å². The molecule has 0 aliphatic rings. The van der Waals surface area contributed by atoms with E-state index in [4.69, 9.17) is 16.3 Å². The second kappa shape index (κ2) is 6.64. The summed E-state index contributed by atoms with van der Waals surface area (Å²) < 4.78 is 8.89. The number of ether oxygens (including phenoxy) is 1. The highest BCUT2D eigenvalue weighted by molar-refractivity contribution is 7.22. The Morgan fingerprint density at radius 1 is 1.30 bits per heavy atom. The van der Waals surface area contributed by atoms with Gasteiger partial charge in [-0.15, -0.1) is 11.3 Å². The molecule has 120 valence electrons. The number of methoxy groups -OCH3 is 1. The molecule has 0 aliphatic carbocycles. The largest absolute Gasteiger partial charge is 0.497 e. The molecule has 0 aliphatic heterocycles. The van der Waals surface area contributed by atoms with Gasteiger partial charge < -0.3 is 14.6 Å². The van der Waals surface area contributed by atoms with Gasteiger partial charge in [0.05, 0.1) is 21.7 Å². The van der Waals surface area contributed by atoms with Crippen LogP contribution in [0.2, 0.25) is 4.34 Å². The van der Waals surface area contributed by atoms with Crippen molar-refractivity contribution in [3.8, 4) is 5.75 Å². The molecule has 0 spiro atoms. The van der Waals surface area contributed by atoms with Crippen LogP contribution < -0.4 is 10.1 Å². The van der Waals surface area contributed by atoms with Crippen LogP contribution in [0.5, 0.6) is 5.75 Å². The lowest BCUT2D eigenvalue weighted by molar-refractivity contribution is 0.0942. The number of hydrogen-bond donors (Lipinski definition) is 1. The van der Waals surface area contributed by atoms with Crippen LogP contribution in [-0.4, -0.2) is 17.6 Å². The summed E-state index contributed by atoms with van der Waals surface area (Å²) >= 11 is 7.53. The third-order valence-electron chi connectivity index (χ3n) is 3.72. The Balaban J connectivity index is 1.76. The molecule has 4 nitrogen and oxygen atoms in total. The topological polar surface area (TPSA) is 43.3 Å². The Bertz CT molecular complexity index is 836. The molecule has 0 fully saturated rings. The molecule has 0 atom stereocenters. The first-order chi connectivity index (χ1) is 11.1. The van der Waals surface area contributed by atoms with Gasteiger partial charge in [-0.3, -0.25) is 4.79 Å². The van der Waals surface area contributed by atoms with Crippen LogP contribution in [0.4, 0.5) is 0 Å². The summed E-state index contributed by atoms with van der Waals surface area (Å²) in [7, 11) is 1.63. The Kier molecular flexibility index (Phi) is 4.59. The molecule has 1 amide bonds. The van der Waals surface area contributed by atoms with Gasteiger partial charge in [0.25, 0.3) is 5.91 Å². The zero-order valence-corrected chi connectivity index (χ0v) is 14.5. The number of nitrogens with zero attached hydrogens (tertiary/aromatic N) is 1. The first kappa shape index (κ1) is 15.9. The molecule has 6 heteroatoms. The highest BCUT2D eigenvalue weighted by Gasteiger charge is 2.16. The zero-order chi connectivity index (χ0) is 16.4. The van der Waals surface area contributed by atoms with Crippen molar-refractivity contribution in [2.45, 2.75) is 20.0 Å². The van der Waals surface area contributed by atoms with Crippen LogP contribution >= 0.6 is 22.9 Å². The Hall–Kier alpha value is -1.98. The Labute approximate surface area is 143 Å². The van der Waals surface area contributed by atoms with Crippen LogP contribution in [0.1, 0.15) is 23.0 Å². The van der Waals surface area contributed by atoms with Crippen molar-refractivity contribution in [2.24, 2.45) is 0 Å². The summed E-state index contributed by atoms with van der Waals surface area (Å²) in [5.74, 6) is 0.722. The van der Waals surface area contributed by atoms with Gasteiger partial charge in [0, 0.05) is 13.1 Å². The lowest BCUT2D eigenvalue weighted by atomic mass is 10.2. The SMILES string of the molecule is CCn1c(C(=O)NCc2ccc(OC)cc2)cc2sc(Cl)cc21. The minimum atomic E-state index is -0.0813. The summed E-state index contributed by atoms with van der Waals surface area (Å²) in [6.07, 6.45) is 0. The van der Waals surface area contributed by atoms with E-state index in [9.17, 15) is 4.79 Å². The predicted molar refractivity (Wildman–Crippen MR) is 94.7 cm³/mol. The third kappa shape index (κ3) is 3.21. The second-order valence-electron chi connectivity index (χ2n) is 5.10. The first-order valence-corrected chi connectivity index (χ1v) is 8.51. The number of carbonyl (C=O) groups excluding carboxylic acids is 1. The minimum absolute atomic E-state index is 0.0813. The fourth-order valence-electron chi connectivity index (χ4n) is 2.56. The molecule has 2 heterocycles. The number of aromatic nitrogens is 1. The quantitative estimate of drug-likeness (QED) is 0.746. The maximum atomic E-state index is 12.5. The lowest BCUT2D eigenvalue weighted by Crippen LogP contribution is -2.25. The number of thiophene rings is 1. The molecule has 0 saturated heterocycles. The van der Waals surface area contributed by atoms with Crippen LogP contribution in [0.3, 0.4) is 0 Å². The number of hydrogen-bond acceptors (Lipinski definition) is 3. The standard InChI is InChI=1S/C17H17ClN2O2S/c1-3-20-13-9-16(18)23-15(13)8-14(20)17(21)19-10-11-4-6-12(22-2)7-5-11/h4-9H,3,10H2,1-2H3,(H,19,21). The Morgan fingerprint density at radius 2 is 2.04 bits per heavy atom. The average molecular weight is 349 g/mol. The first-order valence-electron chi connectivity index (χ1n) is 7.32. The number of fused-ring (bicyclic) bond motifs is 1. The van der Waals surface area contributed by atoms with E-state index in [1.54, 1.807) is 7.11 Å². The van der Waals surface area contributed by atoms with Gasteiger partial charge in [-0.1, -0.05) is 23.7 Å². The summed E-state index contributed by atoms with van der Waals surface area (Å²) in [5.41, 5.74) is 2.70. The van der Waals surface area contributed by atoms with Crippen LogP contribution in [-0.2, 0) is 13.1 Å². The molecule has 0 radical (unpaired) electrons.